The second-order valence-electron chi connectivity index (χ2n) is 7.84. The quantitative estimate of drug-likeness (QED) is 0.264. The van der Waals surface area contributed by atoms with Crippen LogP contribution in [-0.2, 0) is 4.79 Å². The number of nitrogens with one attached hydrogen (secondary N) is 2. The molecule has 1 atom stereocenters. The van der Waals surface area contributed by atoms with E-state index in [1.54, 1.807) is 6.07 Å². The van der Waals surface area contributed by atoms with Crippen molar-refractivity contribution in [3.63, 3.8) is 0 Å². The highest BCUT2D eigenvalue weighted by molar-refractivity contribution is 9.10. The summed E-state index contributed by atoms with van der Waals surface area (Å²) in [6.07, 6.45) is -2.44. The number of nitriles is 1. The van der Waals surface area contributed by atoms with Crippen molar-refractivity contribution in [1.82, 2.24) is 10.6 Å². The number of nitrogens with zero attached hydrogens (tertiary/aromatic N) is 1. The van der Waals surface area contributed by atoms with E-state index >= 15 is 0 Å². The SMILES string of the molecule is CC(C)(NC(=O)c1ccc(C=CC(c2cc(Cl)c(Cl)c(Cl)c2)C(F)(F)F)cc1Br)C(=O)NCC#N. The molecule has 1 unspecified atom stereocenters. The molecule has 0 radical (unpaired) electrons. The molecule has 0 aromatic heterocycles. The minimum absolute atomic E-state index is 0.0366. The van der Waals surface area contributed by atoms with E-state index < -0.39 is 29.4 Å². The number of alkyl halides is 3. The van der Waals surface area contributed by atoms with Crippen LogP contribution in [-0.4, -0.2) is 30.1 Å². The zero-order valence-electron chi connectivity index (χ0n) is 18.2. The summed E-state index contributed by atoms with van der Waals surface area (Å²) in [6, 6.07) is 8.30. The molecule has 2 aromatic rings. The summed E-state index contributed by atoms with van der Waals surface area (Å²) in [5, 5.41) is 13.3. The van der Waals surface area contributed by atoms with Crippen LogP contribution in [0.5, 0.6) is 0 Å². The monoisotopic (exact) mass is 609 g/mol. The largest absolute Gasteiger partial charge is 0.399 e. The van der Waals surface area contributed by atoms with Crippen molar-refractivity contribution in [3.8, 4) is 6.07 Å². The fraction of sp³-hybridized carbons (Fsp3) is 0.261. The minimum Gasteiger partial charge on any atom is -0.341 e. The van der Waals surface area contributed by atoms with Crippen LogP contribution in [0.1, 0.15) is 41.3 Å². The van der Waals surface area contributed by atoms with E-state index in [0.717, 1.165) is 18.2 Å². The maximum Gasteiger partial charge on any atom is 0.399 e. The van der Waals surface area contributed by atoms with Gasteiger partial charge in [0.25, 0.3) is 5.91 Å². The van der Waals surface area contributed by atoms with E-state index in [1.807, 2.05) is 0 Å². The summed E-state index contributed by atoms with van der Waals surface area (Å²) in [4.78, 5) is 24.8. The maximum absolute atomic E-state index is 13.7. The summed E-state index contributed by atoms with van der Waals surface area (Å²) < 4.78 is 41.5. The Hall–Kier alpha value is -2.25. The fourth-order valence-electron chi connectivity index (χ4n) is 2.94. The molecular weight excluding hydrogens is 594 g/mol. The van der Waals surface area contributed by atoms with Gasteiger partial charge in [-0.3, -0.25) is 9.59 Å². The fourth-order valence-corrected chi connectivity index (χ4v) is 4.13. The van der Waals surface area contributed by atoms with Crippen molar-refractivity contribution in [3.05, 3.63) is 72.6 Å². The van der Waals surface area contributed by atoms with Gasteiger partial charge in [0, 0.05) is 4.47 Å². The standard InChI is InChI=1S/C23H18BrCl3F3N3O2/c1-22(2,21(35)32-8-7-31)33-20(34)14-5-3-12(9-16(14)24)4-6-15(23(28,29)30)13-10-17(25)19(27)18(26)11-13/h3-6,9-11,15H,8H2,1-2H3,(H,32,35)(H,33,34). The van der Waals surface area contributed by atoms with E-state index in [4.69, 9.17) is 40.1 Å². The van der Waals surface area contributed by atoms with Crippen molar-refractivity contribution >= 4 is 68.6 Å². The lowest BCUT2D eigenvalue weighted by molar-refractivity contribution is -0.139. The van der Waals surface area contributed by atoms with Gasteiger partial charge in [0.05, 0.1) is 32.6 Å². The Morgan fingerprint density at radius 1 is 1.14 bits per heavy atom. The molecular formula is C23H18BrCl3F3N3O2. The lowest BCUT2D eigenvalue weighted by atomic mass is 9.97. The Morgan fingerprint density at radius 3 is 2.26 bits per heavy atom. The van der Waals surface area contributed by atoms with Gasteiger partial charge in [0.2, 0.25) is 5.91 Å². The number of rotatable bonds is 7. The summed E-state index contributed by atoms with van der Waals surface area (Å²) in [6.45, 7) is 2.72. The molecule has 0 spiro atoms. The van der Waals surface area contributed by atoms with Crippen molar-refractivity contribution in [2.75, 3.05) is 6.54 Å². The molecule has 0 aliphatic heterocycles. The Labute approximate surface area is 223 Å². The molecule has 0 aliphatic carbocycles. The first-order valence-corrected chi connectivity index (χ1v) is 11.8. The van der Waals surface area contributed by atoms with Crippen LogP contribution in [0.25, 0.3) is 6.08 Å². The number of carbonyl (C=O) groups is 2. The molecule has 2 amide bonds. The second-order valence-corrected chi connectivity index (χ2v) is 9.88. The van der Waals surface area contributed by atoms with Crippen molar-refractivity contribution in [1.29, 1.82) is 5.26 Å². The van der Waals surface area contributed by atoms with Gasteiger partial charge in [0.15, 0.2) is 0 Å². The zero-order chi connectivity index (χ0) is 26.6. The minimum atomic E-state index is -4.63. The summed E-state index contributed by atoms with van der Waals surface area (Å²) in [7, 11) is 0. The van der Waals surface area contributed by atoms with E-state index in [9.17, 15) is 22.8 Å². The van der Waals surface area contributed by atoms with Gasteiger partial charge in [-0.2, -0.15) is 18.4 Å². The van der Waals surface area contributed by atoms with Gasteiger partial charge in [-0.25, -0.2) is 0 Å². The summed E-state index contributed by atoms with van der Waals surface area (Å²) in [5.41, 5.74) is -0.959. The maximum atomic E-state index is 13.7. The van der Waals surface area contributed by atoms with Crippen LogP contribution in [0.15, 0.2) is 40.9 Å². The average Bonchev–Trinajstić information content (AvgIpc) is 2.74. The number of carbonyl (C=O) groups excluding carboxylic acids is 2. The van der Waals surface area contributed by atoms with Gasteiger partial charge in [-0.1, -0.05) is 53.0 Å². The lowest BCUT2D eigenvalue weighted by Crippen LogP contribution is -2.54. The van der Waals surface area contributed by atoms with Crippen molar-refractivity contribution in [2.45, 2.75) is 31.5 Å². The number of allylic oxidation sites excluding steroid dienone is 1. The predicted molar refractivity (Wildman–Crippen MR) is 134 cm³/mol. The molecule has 2 aromatic carbocycles. The second kappa shape index (κ2) is 11.7. The molecule has 12 heteroatoms. The molecule has 2 rings (SSSR count). The molecule has 0 fully saturated rings. The number of hydrogen-bond donors (Lipinski definition) is 2. The Balaban J connectivity index is 2.28. The third-order valence-corrected chi connectivity index (χ3v) is 6.61. The number of benzene rings is 2. The Morgan fingerprint density at radius 2 is 1.74 bits per heavy atom. The predicted octanol–water partition coefficient (Wildman–Crippen LogP) is 6.92. The van der Waals surface area contributed by atoms with Gasteiger partial charge in [0.1, 0.15) is 12.1 Å². The third-order valence-electron chi connectivity index (χ3n) is 4.76. The van der Waals surface area contributed by atoms with Crippen LogP contribution < -0.4 is 10.6 Å². The van der Waals surface area contributed by atoms with Crippen molar-refractivity contribution in [2.24, 2.45) is 0 Å². The molecule has 186 valence electrons. The topological polar surface area (TPSA) is 82.0 Å². The first-order chi connectivity index (χ1) is 16.2. The van der Waals surface area contributed by atoms with Crippen LogP contribution in [0.3, 0.4) is 0 Å². The Kier molecular flexibility index (Phi) is 9.65. The van der Waals surface area contributed by atoms with E-state index in [0.29, 0.717) is 10.0 Å². The molecule has 35 heavy (non-hydrogen) atoms. The molecule has 0 bridgehead atoms. The van der Waals surface area contributed by atoms with Gasteiger partial charge in [-0.05, 0) is 65.2 Å². The van der Waals surface area contributed by atoms with Crippen LogP contribution >= 0.6 is 50.7 Å². The van der Waals surface area contributed by atoms with E-state index in [-0.39, 0.29) is 32.7 Å². The molecule has 2 N–H and O–H groups in total. The number of hydrogen-bond acceptors (Lipinski definition) is 3. The smallest absolute Gasteiger partial charge is 0.341 e. The average molecular weight is 612 g/mol. The first kappa shape index (κ1) is 29.0. The van der Waals surface area contributed by atoms with Gasteiger partial charge >= 0.3 is 6.18 Å². The summed E-state index contributed by atoms with van der Waals surface area (Å²) >= 11 is 20.9. The first-order valence-electron chi connectivity index (χ1n) is 9.84. The van der Waals surface area contributed by atoms with Crippen molar-refractivity contribution < 1.29 is 22.8 Å². The van der Waals surface area contributed by atoms with E-state index in [2.05, 4.69) is 26.6 Å². The lowest BCUT2D eigenvalue weighted by Gasteiger charge is -2.24. The van der Waals surface area contributed by atoms with E-state index in [1.165, 1.54) is 38.1 Å². The molecule has 5 nitrogen and oxygen atoms in total. The molecule has 0 aliphatic rings. The van der Waals surface area contributed by atoms with Gasteiger partial charge in [-0.15, -0.1) is 0 Å². The van der Waals surface area contributed by atoms with Crippen LogP contribution in [0.4, 0.5) is 13.2 Å². The normalized spacial score (nSPS) is 12.8. The molecule has 0 saturated heterocycles. The molecule has 0 heterocycles. The highest BCUT2D eigenvalue weighted by Crippen LogP contribution is 2.41. The Bertz CT molecular complexity index is 1190. The third kappa shape index (κ3) is 7.61. The van der Waals surface area contributed by atoms with Gasteiger partial charge < -0.3 is 10.6 Å². The molecule has 0 saturated carbocycles. The highest BCUT2D eigenvalue weighted by atomic mass is 79.9. The van der Waals surface area contributed by atoms with Crippen LogP contribution in [0, 0.1) is 11.3 Å². The zero-order valence-corrected chi connectivity index (χ0v) is 22.1. The number of halogens is 7. The highest BCUT2D eigenvalue weighted by Gasteiger charge is 2.39. The number of amides is 2. The van der Waals surface area contributed by atoms with Crippen LogP contribution in [0.2, 0.25) is 15.1 Å². The summed E-state index contributed by atoms with van der Waals surface area (Å²) in [5.74, 6) is -3.16.